The predicted molar refractivity (Wildman–Crippen MR) is 81.6 cm³/mol. The van der Waals surface area contributed by atoms with Crippen molar-refractivity contribution in [3.63, 3.8) is 0 Å². The molecule has 1 aromatic carbocycles. The molecule has 1 aliphatic rings. The van der Waals surface area contributed by atoms with Gasteiger partial charge in [0.1, 0.15) is 11.5 Å². The van der Waals surface area contributed by atoms with Gasteiger partial charge in [-0.15, -0.1) is 0 Å². The van der Waals surface area contributed by atoms with Crippen LogP contribution in [-0.4, -0.2) is 40.2 Å². The number of alkyl halides is 3. The molecule has 0 unspecified atom stereocenters. The fourth-order valence-electron chi connectivity index (χ4n) is 2.96. The fraction of sp³-hybridized carbons (Fsp3) is 0.375. The standard InChI is InChI=1S/C16H16F4N4O/c17-12-3-1-2-4-13(12)24-14(16(18,19)20)11(8-22-24)15(25)23-6-5-10(7-21)9-23/h1-4,8,10H,5-7,9,21H2/t10-/m1/s1. The smallest absolute Gasteiger partial charge is 0.338 e. The van der Waals surface area contributed by atoms with Crippen molar-refractivity contribution in [1.29, 1.82) is 0 Å². The van der Waals surface area contributed by atoms with E-state index in [1.807, 2.05) is 0 Å². The number of aromatic nitrogens is 2. The van der Waals surface area contributed by atoms with Crippen LogP contribution in [0.25, 0.3) is 5.69 Å². The van der Waals surface area contributed by atoms with E-state index in [0.717, 1.165) is 12.3 Å². The van der Waals surface area contributed by atoms with E-state index in [1.54, 1.807) is 0 Å². The van der Waals surface area contributed by atoms with Gasteiger partial charge in [-0.2, -0.15) is 18.3 Å². The Morgan fingerprint density at radius 3 is 2.64 bits per heavy atom. The molecule has 5 nitrogen and oxygen atoms in total. The van der Waals surface area contributed by atoms with E-state index in [9.17, 15) is 22.4 Å². The molecular weight excluding hydrogens is 340 g/mol. The molecule has 1 amide bonds. The van der Waals surface area contributed by atoms with Crippen LogP contribution in [0, 0.1) is 11.7 Å². The normalized spacial score (nSPS) is 18.0. The van der Waals surface area contributed by atoms with Gasteiger partial charge in [0.2, 0.25) is 0 Å². The minimum absolute atomic E-state index is 0.0694. The van der Waals surface area contributed by atoms with Crippen molar-refractivity contribution in [3.05, 3.63) is 47.5 Å². The Hall–Kier alpha value is -2.42. The molecule has 1 fully saturated rings. The van der Waals surface area contributed by atoms with E-state index < -0.39 is 29.2 Å². The molecule has 1 aromatic heterocycles. The number of likely N-dealkylation sites (tertiary alicyclic amines) is 1. The maximum absolute atomic E-state index is 13.9. The van der Waals surface area contributed by atoms with Crippen LogP contribution in [0.4, 0.5) is 17.6 Å². The quantitative estimate of drug-likeness (QED) is 0.860. The van der Waals surface area contributed by atoms with E-state index in [4.69, 9.17) is 5.73 Å². The van der Waals surface area contributed by atoms with Crippen molar-refractivity contribution in [2.24, 2.45) is 11.7 Å². The molecule has 0 aliphatic carbocycles. The lowest BCUT2D eigenvalue weighted by Crippen LogP contribution is -2.31. The number of halogens is 4. The number of hydrogen-bond donors (Lipinski definition) is 1. The van der Waals surface area contributed by atoms with Gasteiger partial charge in [-0.25, -0.2) is 9.07 Å². The number of carbonyl (C=O) groups excluding carboxylic acids is 1. The van der Waals surface area contributed by atoms with Crippen LogP contribution in [0.1, 0.15) is 22.5 Å². The Morgan fingerprint density at radius 2 is 2.04 bits per heavy atom. The lowest BCUT2D eigenvalue weighted by Gasteiger charge is -2.18. The molecule has 2 heterocycles. The molecule has 3 rings (SSSR count). The second kappa shape index (κ2) is 6.47. The van der Waals surface area contributed by atoms with E-state index in [-0.39, 0.29) is 11.6 Å². The van der Waals surface area contributed by atoms with Gasteiger partial charge in [0, 0.05) is 13.1 Å². The van der Waals surface area contributed by atoms with Crippen molar-refractivity contribution in [2.45, 2.75) is 12.6 Å². The third-order valence-corrected chi connectivity index (χ3v) is 4.26. The summed E-state index contributed by atoms with van der Waals surface area (Å²) in [5, 5.41) is 3.63. The first-order valence-electron chi connectivity index (χ1n) is 7.72. The largest absolute Gasteiger partial charge is 0.434 e. The van der Waals surface area contributed by atoms with Crippen LogP contribution in [0.5, 0.6) is 0 Å². The minimum Gasteiger partial charge on any atom is -0.338 e. The number of amides is 1. The van der Waals surface area contributed by atoms with Crippen molar-refractivity contribution in [3.8, 4) is 5.69 Å². The van der Waals surface area contributed by atoms with Gasteiger partial charge >= 0.3 is 6.18 Å². The maximum atomic E-state index is 13.9. The predicted octanol–water partition coefficient (Wildman–Crippen LogP) is 2.45. The van der Waals surface area contributed by atoms with Gasteiger partial charge in [-0.1, -0.05) is 12.1 Å². The number of nitrogens with two attached hydrogens (primary N) is 1. The van der Waals surface area contributed by atoms with Crippen LogP contribution in [0.3, 0.4) is 0 Å². The first-order valence-corrected chi connectivity index (χ1v) is 7.72. The summed E-state index contributed by atoms with van der Waals surface area (Å²) >= 11 is 0. The highest BCUT2D eigenvalue weighted by molar-refractivity contribution is 5.95. The minimum atomic E-state index is -4.86. The monoisotopic (exact) mass is 356 g/mol. The molecule has 0 radical (unpaired) electrons. The van der Waals surface area contributed by atoms with Crippen molar-refractivity contribution < 1.29 is 22.4 Å². The summed E-state index contributed by atoms with van der Waals surface area (Å²) in [5.41, 5.74) is 3.32. The van der Waals surface area contributed by atoms with Gasteiger partial charge in [-0.3, -0.25) is 4.79 Å². The number of nitrogens with zero attached hydrogens (tertiary/aromatic N) is 3. The molecule has 0 saturated carbocycles. The summed E-state index contributed by atoms with van der Waals surface area (Å²) in [6.45, 7) is 1.00. The molecule has 0 spiro atoms. The van der Waals surface area contributed by atoms with Gasteiger partial charge in [0.25, 0.3) is 5.91 Å². The van der Waals surface area contributed by atoms with Crippen molar-refractivity contribution in [2.75, 3.05) is 19.6 Å². The molecule has 2 N–H and O–H groups in total. The second-order valence-electron chi connectivity index (χ2n) is 5.91. The fourth-order valence-corrected chi connectivity index (χ4v) is 2.96. The van der Waals surface area contributed by atoms with Gasteiger partial charge < -0.3 is 10.6 Å². The van der Waals surface area contributed by atoms with Crippen molar-refractivity contribution in [1.82, 2.24) is 14.7 Å². The molecule has 0 bridgehead atoms. The molecular formula is C16H16F4N4O. The molecule has 134 valence electrons. The van der Waals surface area contributed by atoms with E-state index in [0.29, 0.717) is 30.7 Å². The third kappa shape index (κ3) is 3.23. The highest BCUT2D eigenvalue weighted by Gasteiger charge is 2.42. The Kier molecular flexibility index (Phi) is 4.51. The highest BCUT2D eigenvalue weighted by atomic mass is 19.4. The average molecular weight is 356 g/mol. The molecule has 25 heavy (non-hydrogen) atoms. The highest BCUT2D eigenvalue weighted by Crippen LogP contribution is 2.35. The summed E-state index contributed by atoms with van der Waals surface area (Å²) in [6.07, 6.45) is -3.38. The summed E-state index contributed by atoms with van der Waals surface area (Å²) in [6, 6.07) is 4.96. The topological polar surface area (TPSA) is 64.2 Å². The maximum Gasteiger partial charge on any atom is 0.434 e. The molecule has 1 atom stereocenters. The number of benzene rings is 1. The Balaban J connectivity index is 2.04. The van der Waals surface area contributed by atoms with Crippen LogP contribution in [0.2, 0.25) is 0 Å². The van der Waals surface area contributed by atoms with Crippen LogP contribution >= 0.6 is 0 Å². The second-order valence-corrected chi connectivity index (χ2v) is 5.91. The molecule has 1 aliphatic heterocycles. The zero-order valence-corrected chi connectivity index (χ0v) is 13.1. The summed E-state index contributed by atoms with van der Waals surface area (Å²) < 4.78 is 55.1. The van der Waals surface area contributed by atoms with Gasteiger partial charge in [0.05, 0.1) is 11.8 Å². The summed E-state index contributed by atoms with van der Waals surface area (Å²) in [4.78, 5) is 13.9. The van der Waals surface area contributed by atoms with E-state index >= 15 is 0 Å². The van der Waals surface area contributed by atoms with Crippen molar-refractivity contribution >= 4 is 5.91 Å². The van der Waals surface area contributed by atoms with E-state index in [1.165, 1.54) is 23.1 Å². The summed E-state index contributed by atoms with van der Waals surface area (Å²) in [7, 11) is 0. The number of carbonyl (C=O) groups is 1. The lowest BCUT2D eigenvalue weighted by molar-refractivity contribution is -0.143. The van der Waals surface area contributed by atoms with E-state index in [2.05, 4.69) is 5.10 Å². The number of hydrogen-bond acceptors (Lipinski definition) is 3. The van der Waals surface area contributed by atoms with Gasteiger partial charge in [0.15, 0.2) is 5.69 Å². The molecule has 1 saturated heterocycles. The van der Waals surface area contributed by atoms with Crippen LogP contribution in [-0.2, 0) is 6.18 Å². The number of rotatable bonds is 3. The third-order valence-electron chi connectivity index (χ3n) is 4.26. The van der Waals surface area contributed by atoms with Crippen LogP contribution in [0.15, 0.2) is 30.5 Å². The van der Waals surface area contributed by atoms with Gasteiger partial charge in [-0.05, 0) is 31.0 Å². The lowest BCUT2D eigenvalue weighted by atomic mass is 10.1. The first-order chi connectivity index (χ1) is 11.8. The number of para-hydroxylation sites is 1. The molecule has 2 aromatic rings. The van der Waals surface area contributed by atoms with Crippen LogP contribution < -0.4 is 5.73 Å². The Morgan fingerprint density at radius 1 is 1.32 bits per heavy atom. The first kappa shape index (κ1) is 17.4. The Bertz CT molecular complexity index is 787. The zero-order valence-electron chi connectivity index (χ0n) is 13.1. The molecule has 9 heteroatoms. The zero-order chi connectivity index (χ0) is 18.2. The average Bonchev–Trinajstić information content (AvgIpc) is 3.21. The summed E-state index contributed by atoms with van der Waals surface area (Å²) in [5.74, 6) is -1.56. The Labute approximate surface area is 141 Å². The SMILES string of the molecule is NC[C@H]1CCN(C(=O)c2cnn(-c3ccccc3F)c2C(F)(F)F)C1.